The number of likely N-dealkylation sites (N-methyl/N-ethyl adjacent to an activating group) is 1. The lowest BCUT2D eigenvalue weighted by Gasteiger charge is -2.26. The molecule has 0 saturated carbocycles. The first-order valence-electron chi connectivity index (χ1n) is 11.3. The molecular formula is C24H26N4O9S. The number of sulfonamides is 1. The third-order valence-corrected chi connectivity index (χ3v) is 7.35. The summed E-state index contributed by atoms with van der Waals surface area (Å²) >= 11 is 0. The Morgan fingerprint density at radius 1 is 1.08 bits per heavy atom. The number of hydrogen-bond donors (Lipinski definition) is 3. The summed E-state index contributed by atoms with van der Waals surface area (Å²) in [4.78, 5) is 51.0. The number of benzene rings is 2. The van der Waals surface area contributed by atoms with Crippen molar-refractivity contribution in [1.82, 2.24) is 19.3 Å². The molecule has 1 heterocycles. The summed E-state index contributed by atoms with van der Waals surface area (Å²) in [7, 11) is -3.14. The van der Waals surface area contributed by atoms with Gasteiger partial charge < -0.3 is 14.5 Å². The van der Waals surface area contributed by atoms with E-state index in [-0.39, 0.29) is 23.6 Å². The van der Waals surface area contributed by atoms with E-state index in [1.165, 1.54) is 29.7 Å². The molecule has 1 amide bonds. The number of hydroxylamine groups is 1. The van der Waals surface area contributed by atoms with Gasteiger partial charge in [-0.2, -0.15) is 4.31 Å². The standard InChI is InChI=1S/C24H26N4O9S/c1-3-36-23(31)19-15-21(29)28(24(32)25-19)14-13-20(22(30)26-33)27(2)38(34,35)18-11-9-17(10-12-18)37-16-7-5-4-6-8-16/h4-12,15,20,33H,3,13-14H2,1-2H3,(H,25,32)(H,26,30). The minimum absolute atomic E-state index is 0.0332. The number of nitrogens with zero attached hydrogens (tertiary/aromatic N) is 2. The van der Waals surface area contributed by atoms with E-state index in [1.54, 1.807) is 31.2 Å². The fourth-order valence-electron chi connectivity index (χ4n) is 3.49. The Morgan fingerprint density at radius 3 is 2.29 bits per heavy atom. The lowest BCUT2D eigenvalue weighted by Crippen LogP contribution is -2.48. The number of esters is 1. The Balaban J connectivity index is 1.80. The predicted molar refractivity (Wildman–Crippen MR) is 134 cm³/mol. The molecule has 0 bridgehead atoms. The Kier molecular flexibility index (Phi) is 9.17. The number of hydrogen-bond acceptors (Lipinski definition) is 9. The molecule has 14 heteroatoms. The quantitative estimate of drug-likeness (QED) is 0.180. The van der Waals surface area contributed by atoms with Crippen LogP contribution < -0.4 is 21.5 Å². The SMILES string of the molecule is CCOC(=O)c1cc(=O)n(CCC(C(=O)NO)N(C)S(=O)(=O)c2ccc(Oc3ccccc3)cc2)c(=O)[nH]1. The lowest BCUT2D eigenvalue weighted by atomic mass is 10.2. The average Bonchev–Trinajstić information content (AvgIpc) is 2.90. The molecule has 3 rings (SSSR count). The molecular weight excluding hydrogens is 520 g/mol. The second-order valence-electron chi connectivity index (χ2n) is 7.89. The zero-order chi connectivity index (χ0) is 27.9. The normalized spacial score (nSPS) is 12.1. The number of para-hydroxylation sites is 1. The highest BCUT2D eigenvalue weighted by molar-refractivity contribution is 7.89. The van der Waals surface area contributed by atoms with Crippen molar-refractivity contribution >= 4 is 21.9 Å². The number of nitrogens with one attached hydrogen (secondary N) is 2. The van der Waals surface area contributed by atoms with Gasteiger partial charge >= 0.3 is 11.7 Å². The third-order valence-electron chi connectivity index (χ3n) is 5.47. The van der Waals surface area contributed by atoms with Crippen molar-refractivity contribution in [3.05, 3.63) is 87.2 Å². The summed E-state index contributed by atoms with van der Waals surface area (Å²) < 4.78 is 38.3. The maximum atomic E-state index is 13.2. The molecule has 0 aliphatic carbocycles. The molecule has 3 aromatic rings. The lowest BCUT2D eigenvalue weighted by molar-refractivity contribution is -0.133. The van der Waals surface area contributed by atoms with Gasteiger partial charge in [0.05, 0.1) is 11.5 Å². The van der Waals surface area contributed by atoms with E-state index >= 15 is 0 Å². The monoisotopic (exact) mass is 546 g/mol. The van der Waals surface area contributed by atoms with Crippen LogP contribution in [0.25, 0.3) is 0 Å². The first-order chi connectivity index (χ1) is 18.1. The minimum Gasteiger partial charge on any atom is -0.461 e. The van der Waals surface area contributed by atoms with Crippen LogP contribution >= 0.6 is 0 Å². The number of rotatable bonds is 11. The van der Waals surface area contributed by atoms with Crippen LogP contribution in [0.1, 0.15) is 23.8 Å². The summed E-state index contributed by atoms with van der Waals surface area (Å²) in [6, 6.07) is 13.7. The molecule has 202 valence electrons. The van der Waals surface area contributed by atoms with Gasteiger partial charge in [0.25, 0.3) is 11.5 Å². The van der Waals surface area contributed by atoms with Gasteiger partial charge in [0.2, 0.25) is 10.0 Å². The van der Waals surface area contributed by atoms with Crippen molar-refractivity contribution in [3.8, 4) is 11.5 Å². The Labute approximate surface area is 217 Å². The van der Waals surface area contributed by atoms with Crippen LogP contribution in [0.4, 0.5) is 0 Å². The predicted octanol–water partition coefficient (Wildman–Crippen LogP) is 1.09. The van der Waals surface area contributed by atoms with E-state index < -0.39 is 45.7 Å². The number of aromatic nitrogens is 2. The number of aromatic amines is 1. The summed E-state index contributed by atoms with van der Waals surface area (Å²) in [5.74, 6) is -1.03. The highest BCUT2D eigenvalue weighted by Gasteiger charge is 2.33. The summed E-state index contributed by atoms with van der Waals surface area (Å²) in [5, 5.41) is 9.20. The maximum absolute atomic E-state index is 13.2. The third kappa shape index (κ3) is 6.53. The van der Waals surface area contributed by atoms with Crippen molar-refractivity contribution in [2.45, 2.75) is 30.8 Å². The second-order valence-corrected chi connectivity index (χ2v) is 9.88. The molecule has 1 unspecified atom stereocenters. The number of ether oxygens (including phenoxy) is 2. The Bertz CT molecular complexity index is 1470. The maximum Gasteiger partial charge on any atom is 0.355 e. The summed E-state index contributed by atoms with van der Waals surface area (Å²) in [6.07, 6.45) is -0.362. The zero-order valence-electron chi connectivity index (χ0n) is 20.5. The van der Waals surface area contributed by atoms with Crippen LogP contribution in [-0.4, -0.2) is 59.1 Å². The summed E-state index contributed by atoms with van der Waals surface area (Å²) in [5.41, 5.74) is -0.752. The molecule has 0 saturated heterocycles. The van der Waals surface area contributed by atoms with E-state index in [0.29, 0.717) is 16.1 Å². The first-order valence-corrected chi connectivity index (χ1v) is 12.8. The van der Waals surface area contributed by atoms with Crippen LogP contribution in [-0.2, 0) is 26.1 Å². The second kappa shape index (κ2) is 12.3. The van der Waals surface area contributed by atoms with Crippen LogP contribution in [0.2, 0.25) is 0 Å². The Morgan fingerprint density at radius 2 is 1.71 bits per heavy atom. The smallest absolute Gasteiger partial charge is 0.355 e. The van der Waals surface area contributed by atoms with E-state index in [1.807, 2.05) is 6.07 Å². The molecule has 0 aliphatic heterocycles. The summed E-state index contributed by atoms with van der Waals surface area (Å²) in [6.45, 7) is 1.19. The van der Waals surface area contributed by atoms with Crippen molar-refractivity contribution < 1.29 is 32.7 Å². The topological polar surface area (TPSA) is 177 Å². The van der Waals surface area contributed by atoms with Gasteiger partial charge in [-0.1, -0.05) is 18.2 Å². The molecule has 1 atom stereocenters. The van der Waals surface area contributed by atoms with Crippen molar-refractivity contribution in [1.29, 1.82) is 0 Å². The number of amides is 1. The van der Waals surface area contributed by atoms with Gasteiger partial charge in [-0.3, -0.25) is 19.4 Å². The van der Waals surface area contributed by atoms with E-state index in [4.69, 9.17) is 9.47 Å². The van der Waals surface area contributed by atoms with Gasteiger partial charge in [0.15, 0.2) is 0 Å². The average molecular weight is 547 g/mol. The fourth-order valence-corrected chi connectivity index (χ4v) is 4.84. The van der Waals surface area contributed by atoms with Gasteiger partial charge in [-0.25, -0.2) is 23.5 Å². The Hall–Kier alpha value is -4.27. The number of carbonyl (C=O) groups excluding carboxylic acids is 2. The minimum atomic E-state index is -4.26. The van der Waals surface area contributed by atoms with Crippen LogP contribution in [0.5, 0.6) is 11.5 Å². The zero-order valence-corrected chi connectivity index (χ0v) is 21.3. The van der Waals surface area contributed by atoms with E-state index in [0.717, 1.165) is 17.4 Å². The highest BCUT2D eigenvalue weighted by Crippen LogP contribution is 2.25. The van der Waals surface area contributed by atoms with Gasteiger partial charge in [-0.05, 0) is 49.7 Å². The van der Waals surface area contributed by atoms with E-state index in [9.17, 15) is 32.8 Å². The molecule has 0 aliphatic rings. The van der Waals surface area contributed by atoms with E-state index in [2.05, 4.69) is 4.98 Å². The number of H-pyrrole nitrogens is 1. The largest absolute Gasteiger partial charge is 0.461 e. The molecule has 0 fully saturated rings. The van der Waals surface area contributed by atoms with Gasteiger partial charge in [0.1, 0.15) is 23.2 Å². The number of carbonyl (C=O) groups is 2. The van der Waals surface area contributed by atoms with Gasteiger partial charge in [-0.15, -0.1) is 0 Å². The molecule has 2 aromatic carbocycles. The van der Waals surface area contributed by atoms with Gasteiger partial charge in [0, 0.05) is 19.7 Å². The van der Waals surface area contributed by atoms with Crippen molar-refractivity contribution in [3.63, 3.8) is 0 Å². The molecule has 13 nitrogen and oxygen atoms in total. The first kappa shape index (κ1) is 28.3. The fraction of sp³-hybridized carbons (Fsp3) is 0.250. The highest BCUT2D eigenvalue weighted by atomic mass is 32.2. The van der Waals surface area contributed by atoms with Crippen molar-refractivity contribution in [2.24, 2.45) is 0 Å². The molecule has 0 spiro atoms. The van der Waals surface area contributed by atoms with Crippen LogP contribution in [0.15, 0.2) is 75.1 Å². The van der Waals surface area contributed by atoms with Crippen LogP contribution in [0, 0.1) is 0 Å². The molecule has 3 N–H and O–H groups in total. The molecule has 1 aromatic heterocycles. The molecule has 38 heavy (non-hydrogen) atoms. The van der Waals surface area contributed by atoms with Crippen molar-refractivity contribution in [2.75, 3.05) is 13.7 Å². The van der Waals surface area contributed by atoms with Crippen LogP contribution in [0.3, 0.4) is 0 Å². The molecule has 0 radical (unpaired) electrons.